The zero-order chi connectivity index (χ0) is 28.3. The topological polar surface area (TPSA) is 73.3 Å². The Balaban J connectivity index is 1.40. The summed E-state index contributed by atoms with van der Waals surface area (Å²) in [6.07, 6.45) is 2.77. The molecule has 6 heteroatoms. The molecule has 0 aliphatic rings. The number of hydrogen-bond acceptors (Lipinski definition) is 6. The molecule has 0 fully saturated rings. The van der Waals surface area contributed by atoms with Crippen LogP contribution in [0.5, 0.6) is 5.75 Å². The molecule has 206 valence electrons. The van der Waals surface area contributed by atoms with Crippen molar-refractivity contribution in [2.24, 2.45) is 0 Å². The van der Waals surface area contributed by atoms with Crippen molar-refractivity contribution in [1.29, 1.82) is 0 Å². The predicted octanol–water partition coefficient (Wildman–Crippen LogP) is 6.90. The number of nitrogens with one attached hydrogen (secondary N) is 1. The van der Waals surface area contributed by atoms with Crippen LogP contribution in [0.15, 0.2) is 121 Å². The molecule has 0 radical (unpaired) electrons. The second-order valence-electron chi connectivity index (χ2n) is 9.65. The lowest BCUT2D eigenvalue weighted by molar-refractivity contribution is -0.144. The molecular formula is C35H33N3O3. The van der Waals surface area contributed by atoms with Crippen LogP contribution in [0.25, 0.3) is 11.3 Å². The number of nitrogens with zero attached hydrogens (tertiary/aromatic N) is 2. The molecule has 4 aromatic carbocycles. The van der Waals surface area contributed by atoms with Gasteiger partial charge in [0.2, 0.25) is 0 Å². The maximum absolute atomic E-state index is 12.9. The van der Waals surface area contributed by atoms with Crippen LogP contribution in [0.4, 0.5) is 5.82 Å². The maximum atomic E-state index is 12.9. The minimum absolute atomic E-state index is 0.304. The fraction of sp³-hybridized carbons (Fsp3) is 0.171. The van der Waals surface area contributed by atoms with E-state index in [9.17, 15) is 4.79 Å². The van der Waals surface area contributed by atoms with Gasteiger partial charge in [-0.1, -0.05) is 91.0 Å². The second-order valence-corrected chi connectivity index (χ2v) is 9.65. The summed E-state index contributed by atoms with van der Waals surface area (Å²) in [5.74, 6) is 1.03. The van der Waals surface area contributed by atoms with E-state index < -0.39 is 6.04 Å². The molecule has 6 nitrogen and oxygen atoms in total. The van der Waals surface area contributed by atoms with Gasteiger partial charge in [-0.2, -0.15) is 0 Å². The Morgan fingerprint density at radius 1 is 0.780 bits per heavy atom. The summed E-state index contributed by atoms with van der Waals surface area (Å²) in [6, 6.07) is 37.3. The Hall–Kier alpha value is -4.97. The Bertz CT molecular complexity index is 1530. The fourth-order valence-corrected chi connectivity index (χ4v) is 4.51. The van der Waals surface area contributed by atoms with Crippen molar-refractivity contribution in [3.63, 3.8) is 0 Å². The van der Waals surface area contributed by atoms with Gasteiger partial charge in [0.05, 0.1) is 24.2 Å². The van der Waals surface area contributed by atoms with Crippen LogP contribution in [-0.2, 0) is 29.0 Å². The smallest absolute Gasteiger partial charge is 0.328 e. The van der Waals surface area contributed by atoms with Crippen molar-refractivity contribution in [3.05, 3.63) is 144 Å². The summed E-state index contributed by atoms with van der Waals surface area (Å²) < 4.78 is 11.3. The second kappa shape index (κ2) is 13.9. The molecule has 1 heterocycles. The highest BCUT2D eigenvalue weighted by atomic mass is 16.5. The lowest BCUT2D eigenvalue weighted by Gasteiger charge is -2.20. The Kier molecular flexibility index (Phi) is 9.35. The fourth-order valence-electron chi connectivity index (χ4n) is 4.51. The summed E-state index contributed by atoms with van der Waals surface area (Å²) in [6.45, 7) is 2.62. The summed E-state index contributed by atoms with van der Waals surface area (Å²) in [5.41, 5.74) is 5.66. The highest BCUT2D eigenvalue weighted by Gasteiger charge is 2.23. The van der Waals surface area contributed by atoms with Crippen molar-refractivity contribution in [1.82, 2.24) is 9.97 Å². The SMILES string of the molecule is CCOC(=O)[C@H](Cc1ccccc1)Nc1ncc(-c2ccc(OCc3ccccc3)cc2)nc1Cc1ccccc1. The molecule has 0 aliphatic carbocycles. The van der Waals surface area contributed by atoms with Gasteiger partial charge in [-0.05, 0) is 47.9 Å². The first kappa shape index (κ1) is 27.6. The van der Waals surface area contributed by atoms with Crippen LogP contribution >= 0.6 is 0 Å². The molecule has 0 aliphatic heterocycles. The van der Waals surface area contributed by atoms with E-state index in [0.29, 0.717) is 31.9 Å². The van der Waals surface area contributed by atoms with Gasteiger partial charge in [0.25, 0.3) is 0 Å². The first-order valence-electron chi connectivity index (χ1n) is 13.8. The predicted molar refractivity (Wildman–Crippen MR) is 162 cm³/mol. The van der Waals surface area contributed by atoms with E-state index in [2.05, 4.69) is 17.4 Å². The van der Waals surface area contributed by atoms with E-state index in [1.807, 2.05) is 110 Å². The lowest BCUT2D eigenvalue weighted by Crippen LogP contribution is -2.34. The van der Waals surface area contributed by atoms with E-state index in [-0.39, 0.29) is 5.97 Å². The lowest BCUT2D eigenvalue weighted by atomic mass is 10.0. The van der Waals surface area contributed by atoms with Crippen LogP contribution in [0.2, 0.25) is 0 Å². The monoisotopic (exact) mass is 543 g/mol. The molecule has 0 unspecified atom stereocenters. The first-order chi connectivity index (χ1) is 20.2. The molecule has 1 aromatic heterocycles. The van der Waals surface area contributed by atoms with E-state index >= 15 is 0 Å². The molecule has 0 saturated heterocycles. The number of ether oxygens (including phenoxy) is 2. The summed E-state index contributed by atoms with van der Waals surface area (Å²) in [4.78, 5) is 22.7. The van der Waals surface area contributed by atoms with E-state index in [4.69, 9.17) is 19.4 Å². The molecule has 5 rings (SSSR count). The van der Waals surface area contributed by atoms with Crippen LogP contribution < -0.4 is 10.1 Å². The van der Waals surface area contributed by atoms with Gasteiger partial charge in [0.1, 0.15) is 24.2 Å². The highest BCUT2D eigenvalue weighted by Crippen LogP contribution is 2.25. The number of anilines is 1. The Morgan fingerprint density at radius 2 is 1.39 bits per heavy atom. The van der Waals surface area contributed by atoms with Gasteiger partial charge in [-0.15, -0.1) is 0 Å². The van der Waals surface area contributed by atoms with E-state index in [1.54, 1.807) is 6.20 Å². The summed E-state index contributed by atoms with van der Waals surface area (Å²) in [5, 5.41) is 3.35. The van der Waals surface area contributed by atoms with Crippen LogP contribution in [0.1, 0.15) is 29.3 Å². The van der Waals surface area contributed by atoms with Gasteiger partial charge in [-0.25, -0.2) is 14.8 Å². The quantitative estimate of drug-likeness (QED) is 0.173. The molecule has 0 amide bonds. The third-order valence-corrected chi connectivity index (χ3v) is 6.62. The number of esters is 1. The molecule has 1 atom stereocenters. The molecular weight excluding hydrogens is 510 g/mol. The van der Waals surface area contributed by atoms with Gasteiger partial charge in [-0.3, -0.25) is 0 Å². The number of hydrogen-bond donors (Lipinski definition) is 1. The summed E-state index contributed by atoms with van der Waals surface area (Å²) in [7, 11) is 0. The maximum Gasteiger partial charge on any atom is 0.328 e. The van der Waals surface area contributed by atoms with Gasteiger partial charge < -0.3 is 14.8 Å². The van der Waals surface area contributed by atoms with Gasteiger partial charge >= 0.3 is 5.97 Å². The zero-order valence-electron chi connectivity index (χ0n) is 23.1. The van der Waals surface area contributed by atoms with Crippen molar-refractivity contribution >= 4 is 11.8 Å². The van der Waals surface area contributed by atoms with Crippen molar-refractivity contribution in [2.45, 2.75) is 32.4 Å². The molecule has 1 N–H and O–H groups in total. The van der Waals surface area contributed by atoms with E-state index in [0.717, 1.165) is 39.4 Å². The third kappa shape index (κ3) is 7.79. The Labute approximate surface area is 241 Å². The summed E-state index contributed by atoms with van der Waals surface area (Å²) >= 11 is 0. The average Bonchev–Trinajstić information content (AvgIpc) is 3.02. The molecule has 0 saturated carbocycles. The average molecular weight is 544 g/mol. The molecule has 5 aromatic rings. The van der Waals surface area contributed by atoms with Crippen LogP contribution in [0.3, 0.4) is 0 Å². The molecule has 0 spiro atoms. The number of carbonyl (C=O) groups excluding carboxylic acids is 1. The Morgan fingerprint density at radius 3 is 2.02 bits per heavy atom. The number of benzene rings is 4. The minimum Gasteiger partial charge on any atom is -0.489 e. The number of carbonyl (C=O) groups is 1. The standard InChI is InChI=1S/C35H33N3O3/c1-2-40-35(39)32(23-27-14-8-4-9-15-27)38-34-31(22-26-12-6-3-7-13-26)37-33(24-36-34)29-18-20-30(21-19-29)41-25-28-16-10-5-11-17-28/h3-21,24,32H,2,22-23,25H2,1H3,(H,36,38)/t32-/m0/s1. The van der Waals surface area contributed by atoms with Crippen LogP contribution in [0, 0.1) is 0 Å². The van der Waals surface area contributed by atoms with E-state index in [1.165, 1.54) is 0 Å². The van der Waals surface area contributed by atoms with Crippen LogP contribution in [-0.4, -0.2) is 28.6 Å². The van der Waals surface area contributed by atoms with Gasteiger partial charge in [0.15, 0.2) is 0 Å². The largest absolute Gasteiger partial charge is 0.489 e. The van der Waals surface area contributed by atoms with Crippen molar-refractivity contribution < 1.29 is 14.3 Å². The minimum atomic E-state index is -0.604. The molecule has 41 heavy (non-hydrogen) atoms. The number of rotatable bonds is 12. The van der Waals surface area contributed by atoms with Crippen molar-refractivity contribution in [2.75, 3.05) is 11.9 Å². The van der Waals surface area contributed by atoms with Crippen molar-refractivity contribution in [3.8, 4) is 17.0 Å². The first-order valence-corrected chi connectivity index (χ1v) is 13.8. The number of aromatic nitrogens is 2. The normalized spacial score (nSPS) is 11.4. The molecule has 0 bridgehead atoms. The van der Waals surface area contributed by atoms with Gasteiger partial charge in [0, 0.05) is 18.4 Å². The highest BCUT2D eigenvalue weighted by molar-refractivity contribution is 5.79. The third-order valence-electron chi connectivity index (χ3n) is 6.62. The zero-order valence-corrected chi connectivity index (χ0v) is 23.1.